The average Bonchev–Trinajstić information content (AvgIpc) is 3.19. The van der Waals surface area contributed by atoms with Gasteiger partial charge in [-0.3, -0.25) is 33.8 Å². The van der Waals surface area contributed by atoms with Crippen LogP contribution >= 0.6 is 50.7 Å². The number of hydrogen-bond acceptors (Lipinski definition) is 6. The first-order valence-corrected chi connectivity index (χ1v) is 14.2. The molecule has 2 aliphatic heterocycles. The van der Waals surface area contributed by atoms with Crippen molar-refractivity contribution in [3.63, 3.8) is 0 Å². The van der Waals surface area contributed by atoms with E-state index in [2.05, 4.69) is 15.9 Å². The number of amides is 4. The van der Waals surface area contributed by atoms with E-state index in [4.69, 9.17) is 39.9 Å². The van der Waals surface area contributed by atoms with Crippen LogP contribution in [0.25, 0.3) is 0 Å². The first kappa shape index (κ1) is 27.4. The number of allylic oxidation sites excluding steroid dienone is 2. The van der Waals surface area contributed by atoms with Gasteiger partial charge in [-0.1, -0.05) is 39.2 Å². The molecule has 1 aromatic rings. The molecule has 9 nitrogen and oxygen atoms in total. The van der Waals surface area contributed by atoms with Crippen LogP contribution in [0.15, 0.2) is 29.8 Å². The standard InChI is InChI=1S/C25H22BrCl3N2O7/c26-10-31-22(37)24(28)9-15-12(19(25(24,29)23(31)38)14-8-11(27)3-6-16(14)32)4-5-13-18(15)21(36)30(20(13)35)7-1-2-17(33)34/h3-4,6,8,13,15,18-19,32H,1-2,5,7,9-10H2,(H,33,34). The van der Waals surface area contributed by atoms with Gasteiger partial charge in [-0.05, 0) is 43.4 Å². The van der Waals surface area contributed by atoms with Crippen LogP contribution < -0.4 is 0 Å². The Balaban J connectivity index is 1.64. The summed E-state index contributed by atoms with van der Waals surface area (Å²) in [6, 6.07) is 4.26. The molecule has 5 rings (SSSR count). The Bertz CT molecular complexity index is 1320. The van der Waals surface area contributed by atoms with Crippen LogP contribution in [-0.2, 0) is 24.0 Å². The van der Waals surface area contributed by atoms with Gasteiger partial charge in [0.1, 0.15) is 5.75 Å². The van der Waals surface area contributed by atoms with Crippen molar-refractivity contribution >= 4 is 80.3 Å². The Kier molecular flexibility index (Phi) is 6.86. The molecule has 1 aromatic carbocycles. The SMILES string of the molecule is O=C(O)CCCN1C(=O)C2CC=C3C(CC4(Cl)C(=O)N(CBr)C(=O)C4(Cl)C3c3cc(Cl)ccc3O)C2C1=O. The summed E-state index contributed by atoms with van der Waals surface area (Å²) in [6.07, 6.45) is 1.64. The minimum absolute atomic E-state index is 0.0439. The van der Waals surface area contributed by atoms with Gasteiger partial charge in [-0.2, -0.15) is 0 Å². The maximum Gasteiger partial charge on any atom is 0.303 e. The minimum atomic E-state index is -2.04. The lowest BCUT2D eigenvalue weighted by Gasteiger charge is -2.50. The predicted molar refractivity (Wildman–Crippen MR) is 140 cm³/mol. The molecule has 202 valence electrons. The Morgan fingerprint density at radius 3 is 2.45 bits per heavy atom. The van der Waals surface area contributed by atoms with Crippen molar-refractivity contribution in [1.29, 1.82) is 0 Å². The van der Waals surface area contributed by atoms with Gasteiger partial charge in [-0.25, -0.2) is 0 Å². The minimum Gasteiger partial charge on any atom is -0.508 e. The zero-order chi connectivity index (χ0) is 27.7. The largest absolute Gasteiger partial charge is 0.508 e. The van der Waals surface area contributed by atoms with Crippen molar-refractivity contribution in [3.8, 4) is 5.75 Å². The second-order valence-electron chi connectivity index (χ2n) is 10.0. The van der Waals surface area contributed by atoms with Crippen LogP contribution in [0.4, 0.5) is 0 Å². The maximum atomic E-state index is 13.7. The predicted octanol–water partition coefficient (Wildman–Crippen LogP) is 3.62. The van der Waals surface area contributed by atoms with E-state index in [9.17, 15) is 29.1 Å². The van der Waals surface area contributed by atoms with Crippen LogP contribution in [-0.4, -0.2) is 71.4 Å². The van der Waals surface area contributed by atoms with Gasteiger partial charge in [0.15, 0.2) is 9.75 Å². The molecule has 0 bridgehead atoms. The highest BCUT2D eigenvalue weighted by Crippen LogP contribution is 2.66. The molecule has 2 saturated heterocycles. The van der Waals surface area contributed by atoms with E-state index in [1.54, 1.807) is 6.08 Å². The fraction of sp³-hybridized carbons (Fsp3) is 0.480. The Hall–Kier alpha value is -2.14. The number of phenolic OH excluding ortho intramolecular Hbond substituents is 1. The molecule has 4 aliphatic rings. The maximum absolute atomic E-state index is 13.7. The lowest BCUT2D eigenvalue weighted by atomic mass is 9.56. The van der Waals surface area contributed by atoms with Crippen LogP contribution in [0.1, 0.15) is 37.2 Å². The van der Waals surface area contributed by atoms with E-state index in [-0.39, 0.29) is 54.0 Å². The summed E-state index contributed by atoms with van der Waals surface area (Å²) in [5, 5.41) is 20.1. The molecule has 2 N–H and O–H groups in total. The number of halogens is 4. The van der Waals surface area contributed by atoms with Gasteiger partial charge in [0.25, 0.3) is 11.8 Å². The van der Waals surface area contributed by atoms with Crippen molar-refractivity contribution in [1.82, 2.24) is 9.80 Å². The number of rotatable bonds is 6. The second-order valence-corrected chi connectivity index (χ2v) is 12.2. The van der Waals surface area contributed by atoms with Gasteiger partial charge in [0.2, 0.25) is 11.8 Å². The molecule has 3 fully saturated rings. The molecular weight excluding hydrogens is 627 g/mol. The van der Waals surface area contributed by atoms with Crippen LogP contribution in [0.3, 0.4) is 0 Å². The normalized spacial score (nSPS) is 34.3. The fourth-order valence-electron chi connectivity index (χ4n) is 6.53. The highest BCUT2D eigenvalue weighted by atomic mass is 79.9. The van der Waals surface area contributed by atoms with Gasteiger partial charge in [0, 0.05) is 29.5 Å². The summed E-state index contributed by atoms with van der Waals surface area (Å²) in [4.78, 5) is 63.0. The number of aliphatic carboxylic acids is 1. The fourth-order valence-corrected chi connectivity index (χ4v) is 8.13. The number of aromatic hydroxyl groups is 1. The number of phenols is 1. The molecule has 6 atom stereocenters. The number of imide groups is 2. The van der Waals surface area contributed by atoms with Crippen LogP contribution in [0, 0.1) is 17.8 Å². The lowest BCUT2D eigenvalue weighted by molar-refractivity contribution is -0.142. The van der Waals surface area contributed by atoms with Crippen molar-refractivity contribution in [2.45, 2.75) is 41.3 Å². The van der Waals surface area contributed by atoms with E-state index in [1.165, 1.54) is 18.2 Å². The van der Waals surface area contributed by atoms with E-state index in [1.807, 2.05) is 0 Å². The number of carboxylic acid groups (broad SMARTS) is 1. The molecule has 4 amide bonds. The summed E-state index contributed by atoms with van der Waals surface area (Å²) in [6.45, 7) is -0.0439. The third kappa shape index (κ3) is 3.67. The van der Waals surface area contributed by atoms with Gasteiger partial charge < -0.3 is 10.2 Å². The van der Waals surface area contributed by atoms with Crippen molar-refractivity contribution in [2.75, 3.05) is 12.0 Å². The third-order valence-electron chi connectivity index (χ3n) is 8.18. The average molecular weight is 649 g/mol. The first-order chi connectivity index (χ1) is 17.9. The summed E-state index contributed by atoms with van der Waals surface area (Å²) < 4.78 is 0. The van der Waals surface area contributed by atoms with Crippen molar-refractivity contribution in [2.24, 2.45) is 17.8 Å². The molecule has 0 aromatic heterocycles. The molecule has 1 saturated carbocycles. The second kappa shape index (κ2) is 9.50. The Labute approximate surface area is 240 Å². The third-order valence-corrected chi connectivity index (χ3v) is 10.3. The Morgan fingerprint density at radius 1 is 1.08 bits per heavy atom. The highest BCUT2D eigenvalue weighted by Gasteiger charge is 2.76. The smallest absolute Gasteiger partial charge is 0.303 e. The number of carboxylic acids is 1. The molecule has 38 heavy (non-hydrogen) atoms. The van der Waals surface area contributed by atoms with E-state index in [0.717, 1.165) is 9.80 Å². The molecule has 0 radical (unpaired) electrons. The molecule has 2 aliphatic carbocycles. The molecule has 0 spiro atoms. The summed E-state index contributed by atoms with van der Waals surface area (Å²) in [5.41, 5.74) is 0.549. The highest BCUT2D eigenvalue weighted by molar-refractivity contribution is 9.09. The molecule has 6 unspecified atom stereocenters. The summed E-state index contributed by atoms with van der Waals surface area (Å²) in [7, 11) is 0. The number of carbonyl (C=O) groups excluding carboxylic acids is 4. The van der Waals surface area contributed by atoms with E-state index >= 15 is 0 Å². The number of benzene rings is 1. The lowest BCUT2D eigenvalue weighted by Crippen LogP contribution is -2.60. The van der Waals surface area contributed by atoms with Crippen molar-refractivity contribution in [3.05, 3.63) is 40.4 Å². The number of hydrogen-bond donors (Lipinski definition) is 2. The van der Waals surface area contributed by atoms with Gasteiger partial charge in [0.05, 0.1) is 17.3 Å². The van der Waals surface area contributed by atoms with E-state index in [0.29, 0.717) is 5.57 Å². The quantitative estimate of drug-likeness (QED) is 0.209. The van der Waals surface area contributed by atoms with Crippen molar-refractivity contribution < 1.29 is 34.2 Å². The monoisotopic (exact) mass is 646 g/mol. The molecule has 13 heteroatoms. The summed E-state index contributed by atoms with van der Waals surface area (Å²) in [5.74, 6) is -7.10. The van der Waals surface area contributed by atoms with Gasteiger partial charge in [-0.15, -0.1) is 23.2 Å². The number of nitrogens with zero attached hydrogens (tertiary/aromatic N) is 2. The zero-order valence-electron chi connectivity index (χ0n) is 19.7. The van der Waals surface area contributed by atoms with Gasteiger partial charge >= 0.3 is 5.97 Å². The topological polar surface area (TPSA) is 132 Å². The number of alkyl halides is 3. The summed E-state index contributed by atoms with van der Waals surface area (Å²) >= 11 is 23.6. The van der Waals surface area contributed by atoms with Crippen LogP contribution in [0.5, 0.6) is 5.75 Å². The van der Waals surface area contributed by atoms with E-state index < -0.39 is 63.0 Å². The Morgan fingerprint density at radius 2 is 1.79 bits per heavy atom. The first-order valence-electron chi connectivity index (χ1n) is 11.9. The number of likely N-dealkylation sites (tertiary alicyclic amines) is 2. The van der Waals surface area contributed by atoms with Crippen LogP contribution in [0.2, 0.25) is 5.02 Å². The zero-order valence-corrected chi connectivity index (χ0v) is 23.6. The number of fused-ring (bicyclic) bond motifs is 4. The molecular formula is C25H22BrCl3N2O7. The molecule has 2 heterocycles. The number of carbonyl (C=O) groups is 5.